The van der Waals surface area contributed by atoms with Crippen LogP contribution in [0.5, 0.6) is 5.75 Å². The second-order valence-electron chi connectivity index (χ2n) is 6.11. The van der Waals surface area contributed by atoms with Crippen molar-refractivity contribution in [3.05, 3.63) is 23.2 Å². The number of methoxy groups -OCH3 is 1. The molecular formula is C16H25ClN2O4S. The van der Waals surface area contributed by atoms with Crippen molar-refractivity contribution in [1.29, 1.82) is 0 Å². The molecule has 0 bridgehead atoms. The molecule has 0 aliphatic carbocycles. The van der Waals surface area contributed by atoms with Crippen molar-refractivity contribution >= 4 is 21.6 Å². The zero-order chi connectivity index (χ0) is 17.7. The van der Waals surface area contributed by atoms with Gasteiger partial charge in [-0.1, -0.05) is 25.4 Å². The molecule has 1 aliphatic heterocycles. The number of rotatable bonds is 7. The topological polar surface area (TPSA) is 67.9 Å². The summed E-state index contributed by atoms with van der Waals surface area (Å²) in [5, 5.41) is 0.352. The van der Waals surface area contributed by atoms with Crippen molar-refractivity contribution in [2.45, 2.75) is 24.8 Å². The molecule has 2 rings (SSSR count). The zero-order valence-corrected chi connectivity index (χ0v) is 15.9. The minimum Gasteiger partial charge on any atom is -0.495 e. The van der Waals surface area contributed by atoms with Crippen molar-refractivity contribution in [3.8, 4) is 5.75 Å². The van der Waals surface area contributed by atoms with E-state index >= 15 is 0 Å². The van der Waals surface area contributed by atoms with Crippen molar-refractivity contribution < 1.29 is 17.9 Å². The lowest BCUT2D eigenvalue weighted by Gasteiger charge is -2.36. The molecule has 0 aromatic heterocycles. The Kier molecular flexibility index (Phi) is 6.88. The Labute approximate surface area is 149 Å². The Bertz CT molecular complexity index is 645. The van der Waals surface area contributed by atoms with Gasteiger partial charge in [0.15, 0.2) is 0 Å². The fourth-order valence-electron chi connectivity index (χ4n) is 2.83. The lowest BCUT2D eigenvalue weighted by molar-refractivity contribution is 0.00776. The minimum absolute atomic E-state index is 0.0574. The van der Waals surface area contributed by atoms with Gasteiger partial charge in [-0.25, -0.2) is 13.1 Å². The SMILES string of the molecule is COc1ccc(Cl)cc1S(=O)(=O)NCC(C(C)C)N1CCOCC1. The summed E-state index contributed by atoms with van der Waals surface area (Å²) >= 11 is 5.94. The predicted molar refractivity (Wildman–Crippen MR) is 94.2 cm³/mol. The molecule has 0 spiro atoms. The summed E-state index contributed by atoms with van der Waals surface area (Å²) in [4.78, 5) is 2.33. The van der Waals surface area contributed by atoms with Crippen LogP contribution in [0.3, 0.4) is 0 Å². The first-order chi connectivity index (χ1) is 11.3. The zero-order valence-electron chi connectivity index (χ0n) is 14.3. The summed E-state index contributed by atoms with van der Waals surface area (Å²) in [6, 6.07) is 4.67. The fraction of sp³-hybridized carbons (Fsp3) is 0.625. The average molecular weight is 377 g/mol. The van der Waals surface area contributed by atoms with Gasteiger partial charge in [-0.05, 0) is 24.1 Å². The van der Waals surface area contributed by atoms with Crippen LogP contribution in [0, 0.1) is 5.92 Å². The number of halogens is 1. The highest BCUT2D eigenvalue weighted by Gasteiger charge is 2.27. The van der Waals surface area contributed by atoms with Gasteiger partial charge in [-0.2, -0.15) is 0 Å². The molecule has 1 unspecified atom stereocenters. The van der Waals surface area contributed by atoms with Gasteiger partial charge in [0.2, 0.25) is 10.0 Å². The quantitative estimate of drug-likeness (QED) is 0.788. The van der Waals surface area contributed by atoms with Crippen LogP contribution in [0.2, 0.25) is 5.02 Å². The van der Waals surface area contributed by atoms with Gasteiger partial charge in [-0.15, -0.1) is 0 Å². The van der Waals surface area contributed by atoms with Gasteiger partial charge in [0.05, 0.1) is 20.3 Å². The largest absolute Gasteiger partial charge is 0.495 e. The molecule has 1 N–H and O–H groups in total. The molecule has 1 heterocycles. The first kappa shape index (κ1) is 19.5. The van der Waals surface area contributed by atoms with Crippen molar-refractivity contribution in [1.82, 2.24) is 9.62 Å². The van der Waals surface area contributed by atoms with Crippen molar-refractivity contribution in [2.75, 3.05) is 40.0 Å². The van der Waals surface area contributed by atoms with E-state index in [0.717, 1.165) is 13.1 Å². The number of nitrogens with one attached hydrogen (secondary N) is 1. The molecule has 0 saturated carbocycles. The molecule has 24 heavy (non-hydrogen) atoms. The first-order valence-electron chi connectivity index (χ1n) is 8.00. The maximum Gasteiger partial charge on any atom is 0.244 e. The molecule has 8 heteroatoms. The predicted octanol–water partition coefficient (Wildman–Crippen LogP) is 1.98. The van der Waals surface area contributed by atoms with E-state index in [4.69, 9.17) is 21.1 Å². The van der Waals surface area contributed by atoms with Crippen LogP contribution in [-0.2, 0) is 14.8 Å². The van der Waals surface area contributed by atoms with Gasteiger partial charge in [0.25, 0.3) is 0 Å². The van der Waals surface area contributed by atoms with Crippen molar-refractivity contribution in [3.63, 3.8) is 0 Å². The molecule has 6 nitrogen and oxygen atoms in total. The smallest absolute Gasteiger partial charge is 0.244 e. The van der Waals surface area contributed by atoms with E-state index in [2.05, 4.69) is 23.5 Å². The van der Waals surface area contributed by atoms with E-state index in [-0.39, 0.29) is 16.7 Å². The van der Waals surface area contributed by atoms with E-state index in [1.807, 2.05) is 0 Å². The minimum atomic E-state index is -3.71. The third-order valence-corrected chi connectivity index (χ3v) is 5.86. The van der Waals surface area contributed by atoms with E-state index in [0.29, 0.717) is 30.7 Å². The van der Waals surface area contributed by atoms with E-state index < -0.39 is 10.0 Å². The van der Waals surface area contributed by atoms with Crippen LogP contribution in [0.4, 0.5) is 0 Å². The monoisotopic (exact) mass is 376 g/mol. The molecular weight excluding hydrogens is 352 g/mol. The van der Waals surface area contributed by atoms with Crippen LogP contribution in [0.1, 0.15) is 13.8 Å². The molecule has 1 aromatic carbocycles. The first-order valence-corrected chi connectivity index (χ1v) is 9.86. The maximum absolute atomic E-state index is 12.7. The number of sulfonamides is 1. The number of ether oxygens (including phenoxy) is 2. The Hall–Kier alpha value is -0.860. The molecule has 1 fully saturated rings. The average Bonchev–Trinajstić information content (AvgIpc) is 2.55. The summed E-state index contributed by atoms with van der Waals surface area (Å²) in [7, 11) is -2.27. The number of hydrogen-bond acceptors (Lipinski definition) is 5. The summed E-state index contributed by atoms with van der Waals surface area (Å²) in [5.41, 5.74) is 0. The van der Waals surface area contributed by atoms with Crippen LogP contribution in [0.15, 0.2) is 23.1 Å². The van der Waals surface area contributed by atoms with Gasteiger partial charge in [0.1, 0.15) is 10.6 Å². The lowest BCUT2D eigenvalue weighted by atomic mass is 10.0. The van der Waals surface area contributed by atoms with Gasteiger partial charge in [0, 0.05) is 30.7 Å². The second-order valence-corrected chi connectivity index (χ2v) is 8.28. The third kappa shape index (κ3) is 4.83. The highest BCUT2D eigenvalue weighted by Crippen LogP contribution is 2.27. The van der Waals surface area contributed by atoms with E-state index in [9.17, 15) is 8.42 Å². The number of hydrogen-bond donors (Lipinski definition) is 1. The Morgan fingerprint density at radius 1 is 1.33 bits per heavy atom. The standard InChI is InChI=1S/C16H25ClN2O4S/c1-12(2)14(19-6-8-23-9-7-19)11-18-24(20,21)16-10-13(17)4-5-15(16)22-3/h4-5,10,12,14,18H,6-9,11H2,1-3H3. The molecule has 1 saturated heterocycles. The highest BCUT2D eigenvalue weighted by atomic mass is 35.5. The summed E-state index contributed by atoms with van der Waals surface area (Å²) in [5.74, 6) is 0.589. The fourth-order valence-corrected chi connectivity index (χ4v) is 4.31. The Morgan fingerprint density at radius 3 is 2.58 bits per heavy atom. The van der Waals surface area contributed by atoms with Crippen molar-refractivity contribution in [2.24, 2.45) is 5.92 Å². The highest BCUT2D eigenvalue weighted by molar-refractivity contribution is 7.89. The summed E-state index contributed by atoms with van der Waals surface area (Å²) in [6.07, 6.45) is 0. The summed E-state index contributed by atoms with van der Waals surface area (Å²) in [6.45, 7) is 7.49. The second kappa shape index (κ2) is 8.49. The van der Waals surface area contributed by atoms with Gasteiger partial charge in [-0.3, -0.25) is 4.90 Å². The Balaban J connectivity index is 2.14. The number of morpholine rings is 1. The third-order valence-electron chi connectivity index (χ3n) is 4.18. The van der Waals surface area contributed by atoms with Crippen LogP contribution >= 0.6 is 11.6 Å². The van der Waals surface area contributed by atoms with Crippen LogP contribution in [0.25, 0.3) is 0 Å². The normalized spacial score (nSPS) is 17.9. The van der Waals surface area contributed by atoms with Gasteiger partial charge >= 0.3 is 0 Å². The molecule has 1 aliphatic rings. The molecule has 1 aromatic rings. The summed E-state index contributed by atoms with van der Waals surface area (Å²) < 4.78 is 38.6. The van der Waals surface area contributed by atoms with Crippen LogP contribution in [-0.4, -0.2) is 59.3 Å². The van der Waals surface area contributed by atoms with Crippen LogP contribution < -0.4 is 9.46 Å². The van der Waals surface area contributed by atoms with E-state index in [1.54, 1.807) is 12.1 Å². The number of nitrogens with zero attached hydrogens (tertiary/aromatic N) is 1. The van der Waals surface area contributed by atoms with E-state index in [1.165, 1.54) is 13.2 Å². The molecule has 136 valence electrons. The molecule has 0 radical (unpaired) electrons. The Morgan fingerprint density at radius 2 is 2.00 bits per heavy atom. The lowest BCUT2D eigenvalue weighted by Crippen LogP contribution is -2.51. The van der Waals surface area contributed by atoms with Gasteiger partial charge < -0.3 is 9.47 Å². The molecule has 1 atom stereocenters. The molecule has 0 amide bonds. The maximum atomic E-state index is 12.7. The number of benzene rings is 1.